The van der Waals surface area contributed by atoms with E-state index in [9.17, 15) is 14.9 Å². The van der Waals surface area contributed by atoms with Gasteiger partial charge in [-0.2, -0.15) is 0 Å². The van der Waals surface area contributed by atoms with E-state index < -0.39 is 4.92 Å². The van der Waals surface area contributed by atoms with Crippen LogP contribution in [0.1, 0.15) is 43.1 Å². The van der Waals surface area contributed by atoms with E-state index >= 15 is 0 Å². The molecule has 0 radical (unpaired) electrons. The number of aromatic amines is 1. The highest BCUT2D eigenvalue weighted by atomic mass is 32.1. The highest BCUT2D eigenvalue weighted by Crippen LogP contribution is 2.28. The molecule has 0 atom stereocenters. The van der Waals surface area contributed by atoms with Gasteiger partial charge in [0, 0.05) is 22.7 Å². The Morgan fingerprint density at radius 2 is 2.23 bits per heavy atom. The van der Waals surface area contributed by atoms with Crippen LogP contribution in [0.15, 0.2) is 23.0 Å². The largest absolute Gasteiger partial charge is 0.324 e. The highest BCUT2D eigenvalue weighted by Gasteiger charge is 2.10. The smallest absolute Gasteiger partial charge is 0.307 e. The van der Waals surface area contributed by atoms with Crippen molar-refractivity contribution in [2.24, 2.45) is 0 Å². The second-order valence-corrected chi connectivity index (χ2v) is 5.89. The van der Waals surface area contributed by atoms with Gasteiger partial charge in [-0.1, -0.05) is 31.6 Å². The van der Waals surface area contributed by atoms with Gasteiger partial charge in [-0.25, -0.2) is 4.98 Å². The predicted molar refractivity (Wildman–Crippen MR) is 88.0 cm³/mol. The van der Waals surface area contributed by atoms with Gasteiger partial charge in [0.25, 0.3) is 5.56 Å². The summed E-state index contributed by atoms with van der Waals surface area (Å²) >= 11 is 1.10. The van der Waals surface area contributed by atoms with Gasteiger partial charge < -0.3 is 4.98 Å². The van der Waals surface area contributed by atoms with E-state index in [1.54, 1.807) is 6.07 Å². The maximum Gasteiger partial charge on any atom is 0.324 e. The maximum absolute atomic E-state index is 11.7. The quantitative estimate of drug-likeness (QED) is 0.650. The number of hydrogen-bond acceptors (Lipinski definition) is 5. The first kappa shape index (κ1) is 16.1. The lowest BCUT2D eigenvalue weighted by molar-refractivity contribution is -0.380. The molecule has 7 heteroatoms. The Kier molecular flexibility index (Phi) is 5.21. The number of thiophene rings is 1. The molecule has 0 aliphatic carbocycles. The molecule has 0 aliphatic rings. The topological polar surface area (TPSA) is 88.9 Å². The molecule has 116 valence electrons. The van der Waals surface area contributed by atoms with Crippen molar-refractivity contribution < 1.29 is 4.92 Å². The van der Waals surface area contributed by atoms with Gasteiger partial charge >= 0.3 is 5.00 Å². The van der Waals surface area contributed by atoms with Crippen LogP contribution in [0.2, 0.25) is 0 Å². The molecule has 0 amide bonds. The molecule has 0 saturated heterocycles. The third kappa shape index (κ3) is 3.88. The van der Waals surface area contributed by atoms with Crippen molar-refractivity contribution in [1.82, 2.24) is 9.97 Å². The molecule has 0 aliphatic heterocycles. The third-order valence-corrected chi connectivity index (χ3v) is 4.08. The van der Waals surface area contributed by atoms with E-state index in [1.807, 2.05) is 19.9 Å². The lowest BCUT2D eigenvalue weighted by atomic mass is 10.1. The van der Waals surface area contributed by atoms with Crippen LogP contribution in [0.25, 0.3) is 11.6 Å². The zero-order chi connectivity index (χ0) is 16.1. The van der Waals surface area contributed by atoms with E-state index in [-0.39, 0.29) is 10.6 Å². The number of nitro groups is 1. The third-order valence-electron chi connectivity index (χ3n) is 3.09. The van der Waals surface area contributed by atoms with E-state index in [4.69, 9.17) is 0 Å². The molecule has 2 rings (SSSR count). The molecule has 0 aromatic carbocycles. The van der Waals surface area contributed by atoms with Crippen molar-refractivity contribution >= 4 is 28.0 Å². The first-order valence-corrected chi connectivity index (χ1v) is 7.90. The Balaban J connectivity index is 2.40. The zero-order valence-electron chi connectivity index (χ0n) is 12.5. The molecule has 0 spiro atoms. The highest BCUT2D eigenvalue weighted by molar-refractivity contribution is 7.16. The number of rotatable bonds is 6. The van der Waals surface area contributed by atoms with Gasteiger partial charge in [0.2, 0.25) is 0 Å². The van der Waals surface area contributed by atoms with Gasteiger partial charge in [-0.3, -0.25) is 14.9 Å². The van der Waals surface area contributed by atoms with Crippen molar-refractivity contribution in [3.63, 3.8) is 0 Å². The van der Waals surface area contributed by atoms with E-state index in [1.165, 1.54) is 12.1 Å². The number of hydrogen-bond donors (Lipinski definition) is 1. The van der Waals surface area contributed by atoms with Crippen molar-refractivity contribution in [2.45, 2.75) is 33.1 Å². The van der Waals surface area contributed by atoms with Crippen LogP contribution in [-0.4, -0.2) is 14.9 Å². The van der Waals surface area contributed by atoms with Crippen molar-refractivity contribution in [1.29, 1.82) is 0 Å². The summed E-state index contributed by atoms with van der Waals surface area (Å²) in [5.74, 6) is 0.537. The van der Waals surface area contributed by atoms with Crippen LogP contribution in [0, 0.1) is 10.1 Å². The van der Waals surface area contributed by atoms with Crippen LogP contribution in [0.4, 0.5) is 5.00 Å². The summed E-state index contributed by atoms with van der Waals surface area (Å²) in [6, 6.07) is 4.69. The van der Waals surface area contributed by atoms with Crippen molar-refractivity contribution in [3.8, 4) is 0 Å². The number of aromatic nitrogens is 2. The van der Waals surface area contributed by atoms with Crippen LogP contribution in [0.5, 0.6) is 0 Å². The maximum atomic E-state index is 11.7. The minimum atomic E-state index is -0.407. The molecule has 2 aromatic rings. The van der Waals surface area contributed by atoms with E-state index in [0.717, 1.165) is 40.3 Å². The van der Waals surface area contributed by atoms with E-state index in [2.05, 4.69) is 9.97 Å². The summed E-state index contributed by atoms with van der Waals surface area (Å²) in [6.45, 7) is 3.99. The Bertz CT molecular complexity index is 761. The normalized spacial score (nSPS) is 11.6. The van der Waals surface area contributed by atoms with Gasteiger partial charge in [0.15, 0.2) is 0 Å². The summed E-state index contributed by atoms with van der Waals surface area (Å²) in [6.07, 6.45) is 4.17. The molecule has 0 unspecified atom stereocenters. The molecule has 2 heterocycles. The summed E-state index contributed by atoms with van der Waals surface area (Å²) in [5.41, 5.74) is 1.44. The lowest BCUT2D eigenvalue weighted by Gasteiger charge is -2.06. The molecule has 1 N–H and O–H groups in total. The first-order valence-electron chi connectivity index (χ1n) is 7.09. The fraction of sp³-hybridized carbons (Fsp3) is 0.333. The lowest BCUT2D eigenvalue weighted by Crippen LogP contribution is -2.12. The molecular weight excluding hydrogens is 302 g/mol. The molecular formula is C15H17N3O3S. The average molecular weight is 319 g/mol. The molecule has 0 bridgehead atoms. The SMILES string of the molecule is CCCc1cc(=O)[nH]c(C(=Cc2ccc([N+](=O)[O-])s2)CC)n1. The van der Waals surface area contributed by atoms with Gasteiger partial charge in [-0.05, 0) is 30.6 Å². The fourth-order valence-corrected chi connectivity index (χ4v) is 2.86. The first-order chi connectivity index (χ1) is 10.5. The number of aryl methyl sites for hydroxylation is 1. The Morgan fingerprint density at radius 3 is 2.82 bits per heavy atom. The van der Waals surface area contributed by atoms with Crippen LogP contribution in [-0.2, 0) is 6.42 Å². The molecule has 0 fully saturated rings. The Hall–Kier alpha value is -2.28. The zero-order valence-corrected chi connectivity index (χ0v) is 13.3. The van der Waals surface area contributed by atoms with Gasteiger partial charge in [-0.15, -0.1) is 0 Å². The average Bonchev–Trinajstić information content (AvgIpc) is 2.93. The number of allylic oxidation sites excluding steroid dienone is 1. The van der Waals surface area contributed by atoms with Crippen molar-refractivity contribution in [2.75, 3.05) is 0 Å². The molecule has 0 saturated carbocycles. The second kappa shape index (κ2) is 7.13. The Labute approximate surface area is 131 Å². The summed E-state index contributed by atoms with van der Waals surface area (Å²) < 4.78 is 0. The van der Waals surface area contributed by atoms with E-state index in [0.29, 0.717) is 12.2 Å². The summed E-state index contributed by atoms with van der Waals surface area (Å²) in [7, 11) is 0. The molecule has 2 aromatic heterocycles. The molecule has 6 nitrogen and oxygen atoms in total. The number of H-pyrrole nitrogens is 1. The van der Waals surface area contributed by atoms with Crippen LogP contribution >= 0.6 is 11.3 Å². The summed E-state index contributed by atoms with van der Waals surface area (Å²) in [4.78, 5) is 30.1. The minimum absolute atomic E-state index is 0.0999. The van der Waals surface area contributed by atoms with Crippen LogP contribution in [0.3, 0.4) is 0 Å². The number of nitrogens with one attached hydrogen (secondary N) is 1. The summed E-state index contributed by atoms with van der Waals surface area (Å²) in [5, 5.41) is 10.8. The standard InChI is InChI=1S/C15H17N3O3S/c1-3-5-11-9-13(19)17-15(16-11)10(4-2)8-12-6-7-14(22-12)18(20)21/h6-9H,3-5H2,1-2H3,(H,16,17,19). The monoisotopic (exact) mass is 319 g/mol. The van der Waals surface area contributed by atoms with Gasteiger partial charge in [0.05, 0.1) is 4.92 Å². The number of nitrogens with zero attached hydrogens (tertiary/aromatic N) is 2. The van der Waals surface area contributed by atoms with Gasteiger partial charge in [0.1, 0.15) is 5.82 Å². The minimum Gasteiger partial charge on any atom is -0.307 e. The Morgan fingerprint density at radius 1 is 1.45 bits per heavy atom. The van der Waals surface area contributed by atoms with Crippen LogP contribution < -0.4 is 5.56 Å². The molecule has 22 heavy (non-hydrogen) atoms. The second-order valence-electron chi connectivity index (χ2n) is 4.79. The fourth-order valence-electron chi connectivity index (χ4n) is 2.07. The predicted octanol–water partition coefficient (Wildman–Crippen LogP) is 3.64. The van der Waals surface area contributed by atoms with Crippen molar-refractivity contribution in [3.05, 3.63) is 55.1 Å².